The van der Waals surface area contributed by atoms with E-state index >= 15 is 0 Å². The van der Waals surface area contributed by atoms with Crippen molar-refractivity contribution in [3.63, 3.8) is 0 Å². The van der Waals surface area contributed by atoms with Crippen LogP contribution in [0.3, 0.4) is 0 Å². The van der Waals surface area contributed by atoms with E-state index in [1.54, 1.807) is 42.6 Å². The van der Waals surface area contributed by atoms with Crippen molar-refractivity contribution in [2.75, 3.05) is 6.61 Å². The molecular formula is C20H17ClN4O4S. The van der Waals surface area contributed by atoms with Crippen LogP contribution < -0.4 is 16.2 Å². The lowest BCUT2D eigenvalue weighted by Gasteiger charge is -2.29. The van der Waals surface area contributed by atoms with E-state index in [-0.39, 0.29) is 30.0 Å². The smallest absolute Gasteiger partial charge is 0.338 e. The number of hydrogen-bond acceptors (Lipinski definition) is 6. The monoisotopic (exact) mass is 444 g/mol. The van der Waals surface area contributed by atoms with Crippen LogP contribution in [-0.4, -0.2) is 28.2 Å². The molecule has 1 aliphatic heterocycles. The molecule has 154 valence electrons. The van der Waals surface area contributed by atoms with Crippen LogP contribution in [0, 0.1) is 0 Å². The molecule has 30 heavy (non-hydrogen) atoms. The van der Waals surface area contributed by atoms with Crippen molar-refractivity contribution in [1.29, 1.82) is 0 Å². The topological polar surface area (TPSA) is 102 Å². The van der Waals surface area contributed by atoms with Gasteiger partial charge in [-0.3, -0.25) is 9.36 Å². The average molecular weight is 445 g/mol. The largest absolute Gasteiger partial charge is 0.463 e. The molecule has 0 aliphatic carbocycles. The molecule has 0 fully saturated rings. The zero-order valence-electron chi connectivity index (χ0n) is 15.8. The number of fused-ring (bicyclic) bond motifs is 1. The van der Waals surface area contributed by atoms with E-state index in [0.29, 0.717) is 20.8 Å². The molecule has 2 aromatic heterocycles. The maximum atomic E-state index is 12.8. The number of ether oxygens (including phenoxy) is 1. The van der Waals surface area contributed by atoms with Gasteiger partial charge in [0.1, 0.15) is 4.70 Å². The third-order valence-corrected chi connectivity index (χ3v) is 5.76. The Labute approximate surface area is 180 Å². The van der Waals surface area contributed by atoms with E-state index < -0.39 is 18.0 Å². The molecule has 1 aromatic carbocycles. The highest BCUT2D eigenvalue weighted by molar-refractivity contribution is 7.17. The highest BCUT2D eigenvalue weighted by Gasteiger charge is 2.34. The molecule has 1 atom stereocenters. The lowest BCUT2D eigenvalue weighted by Crippen LogP contribution is -2.47. The van der Waals surface area contributed by atoms with Gasteiger partial charge in [-0.1, -0.05) is 23.7 Å². The van der Waals surface area contributed by atoms with Crippen LogP contribution in [0.5, 0.6) is 0 Å². The zero-order chi connectivity index (χ0) is 21.3. The molecule has 0 radical (unpaired) electrons. The molecule has 3 aromatic rings. The Balaban J connectivity index is 1.82. The molecule has 0 spiro atoms. The Hall–Kier alpha value is -3.17. The van der Waals surface area contributed by atoms with E-state index in [1.807, 2.05) is 0 Å². The number of halogens is 1. The van der Waals surface area contributed by atoms with Crippen LogP contribution in [0.2, 0.25) is 5.02 Å². The van der Waals surface area contributed by atoms with Crippen molar-refractivity contribution in [2.24, 2.45) is 0 Å². The van der Waals surface area contributed by atoms with E-state index in [0.717, 1.165) is 0 Å². The van der Waals surface area contributed by atoms with Crippen LogP contribution in [-0.2, 0) is 16.1 Å². The Morgan fingerprint density at radius 1 is 1.27 bits per heavy atom. The molecule has 10 heteroatoms. The fraction of sp³-hybridized carbons (Fsp3) is 0.200. The summed E-state index contributed by atoms with van der Waals surface area (Å²) in [6.45, 7) is 1.83. The number of aromatic nitrogens is 2. The number of carbonyl (C=O) groups excluding carboxylic acids is 2. The number of rotatable bonds is 5. The van der Waals surface area contributed by atoms with Crippen molar-refractivity contribution in [3.8, 4) is 0 Å². The third kappa shape index (κ3) is 3.81. The minimum atomic E-state index is -0.751. The summed E-state index contributed by atoms with van der Waals surface area (Å²) in [5.74, 6) is -0.585. The second-order valence-corrected chi connectivity index (χ2v) is 7.86. The quantitative estimate of drug-likeness (QED) is 0.589. The molecule has 2 amide bonds. The summed E-state index contributed by atoms with van der Waals surface area (Å²) in [5.41, 5.74) is 1.51. The highest BCUT2D eigenvalue weighted by atomic mass is 35.5. The summed E-state index contributed by atoms with van der Waals surface area (Å²) in [6, 6.07) is 7.31. The lowest BCUT2D eigenvalue weighted by molar-refractivity contribution is -0.139. The standard InChI is InChI=1S/C20H17ClN4O4S/c1-2-29-19(27)15-14(9-25-10-22-13-7-8-30-17(13)18(25)26)23-20(28)24-16(15)11-3-5-12(21)6-4-11/h3-8,10,16H,2,9H2,1H3,(H2,23,24,28)/t16-/m1/s1. The molecule has 0 unspecified atom stereocenters. The van der Waals surface area contributed by atoms with Crippen molar-refractivity contribution >= 4 is 45.2 Å². The summed E-state index contributed by atoms with van der Waals surface area (Å²) < 4.78 is 7.10. The van der Waals surface area contributed by atoms with Gasteiger partial charge in [0.2, 0.25) is 0 Å². The first-order chi connectivity index (χ1) is 14.5. The van der Waals surface area contributed by atoms with Crippen LogP contribution in [0.15, 0.2) is 58.1 Å². The van der Waals surface area contributed by atoms with Gasteiger partial charge in [-0.25, -0.2) is 14.6 Å². The van der Waals surface area contributed by atoms with Gasteiger partial charge in [0.25, 0.3) is 5.56 Å². The van der Waals surface area contributed by atoms with E-state index in [2.05, 4.69) is 15.6 Å². The SMILES string of the molecule is CCOC(=O)C1=C(Cn2cnc3ccsc3c2=O)NC(=O)N[C@@H]1c1ccc(Cl)cc1. The van der Waals surface area contributed by atoms with Crippen molar-refractivity contribution < 1.29 is 14.3 Å². The van der Waals surface area contributed by atoms with Gasteiger partial charge in [0.05, 0.1) is 42.3 Å². The predicted octanol–water partition coefficient (Wildman–Crippen LogP) is 2.98. The number of carbonyl (C=O) groups is 2. The summed E-state index contributed by atoms with van der Waals surface area (Å²) in [4.78, 5) is 42.2. The number of thiophene rings is 1. The summed E-state index contributed by atoms with van der Waals surface area (Å²) >= 11 is 7.26. The first kappa shape index (κ1) is 20.1. The van der Waals surface area contributed by atoms with Crippen molar-refractivity contribution in [3.05, 3.63) is 74.2 Å². The average Bonchev–Trinajstić information content (AvgIpc) is 3.20. The Bertz CT molecular complexity index is 1220. The number of esters is 1. The molecule has 3 heterocycles. The zero-order valence-corrected chi connectivity index (χ0v) is 17.4. The fourth-order valence-electron chi connectivity index (χ4n) is 3.26. The van der Waals surface area contributed by atoms with Gasteiger partial charge < -0.3 is 15.4 Å². The second-order valence-electron chi connectivity index (χ2n) is 6.51. The maximum Gasteiger partial charge on any atom is 0.338 e. The summed E-state index contributed by atoms with van der Waals surface area (Å²) in [6.07, 6.45) is 1.40. The van der Waals surface area contributed by atoms with Crippen LogP contribution in [0.4, 0.5) is 4.79 Å². The molecule has 0 saturated carbocycles. The minimum Gasteiger partial charge on any atom is -0.463 e. The molecule has 4 rings (SSSR count). The number of amides is 2. The first-order valence-corrected chi connectivity index (χ1v) is 10.4. The van der Waals surface area contributed by atoms with Crippen LogP contribution in [0.1, 0.15) is 18.5 Å². The van der Waals surface area contributed by atoms with Crippen LogP contribution >= 0.6 is 22.9 Å². The molecular weight excluding hydrogens is 428 g/mol. The molecule has 0 bridgehead atoms. The van der Waals surface area contributed by atoms with Gasteiger partial charge in [-0.05, 0) is 36.1 Å². The lowest BCUT2D eigenvalue weighted by atomic mass is 9.95. The number of nitrogens with zero attached hydrogens (tertiary/aromatic N) is 2. The van der Waals surface area contributed by atoms with Gasteiger partial charge in [0, 0.05) is 5.02 Å². The number of urea groups is 1. The van der Waals surface area contributed by atoms with E-state index in [4.69, 9.17) is 16.3 Å². The highest BCUT2D eigenvalue weighted by Crippen LogP contribution is 2.29. The fourth-order valence-corrected chi connectivity index (χ4v) is 4.18. The molecule has 2 N–H and O–H groups in total. The predicted molar refractivity (Wildman–Crippen MR) is 113 cm³/mol. The van der Waals surface area contributed by atoms with Gasteiger partial charge >= 0.3 is 12.0 Å². The Morgan fingerprint density at radius 3 is 2.77 bits per heavy atom. The van der Waals surface area contributed by atoms with Gasteiger partial charge in [-0.15, -0.1) is 11.3 Å². The minimum absolute atomic E-state index is 0.0364. The maximum absolute atomic E-state index is 12.8. The number of benzene rings is 1. The molecule has 1 aliphatic rings. The normalized spacial score (nSPS) is 16.3. The van der Waals surface area contributed by atoms with Crippen LogP contribution in [0.25, 0.3) is 10.2 Å². The summed E-state index contributed by atoms with van der Waals surface area (Å²) in [7, 11) is 0. The second kappa shape index (κ2) is 8.29. The van der Waals surface area contributed by atoms with Gasteiger partial charge in [0.15, 0.2) is 0 Å². The Morgan fingerprint density at radius 2 is 2.03 bits per heavy atom. The van der Waals surface area contributed by atoms with Crippen molar-refractivity contribution in [2.45, 2.75) is 19.5 Å². The van der Waals surface area contributed by atoms with Crippen molar-refractivity contribution in [1.82, 2.24) is 20.2 Å². The molecule has 0 saturated heterocycles. The van der Waals surface area contributed by atoms with E-state index in [1.165, 1.54) is 22.2 Å². The summed E-state index contributed by atoms with van der Waals surface area (Å²) in [5, 5.41) is 7.72. The number of hydrogen-bond donors (Lipinski definition) is 2. The van der Waals surface area contributed by atoms with Gasteiger partial charge in [-0.2, -0.15) is 0 Å². The first-order valence-electron chi connectivity index (χ1n) is 9.13. The third-order valence-electron chi connectivity index (χ3n) is 4.62. The number of nitrogens with one attached hydrogen (secondary N) is 2. The van der Waals surface area contributed by atoms with E-state index in [9.17, 15) is 14.4 Å². The number of allylic oxidation sites excluding steroid dienone is 1. The molecule has 8 nitrogen and oxygen atoms in total. The Kier molecular flexibility index (Phi) is 5.56.